The predicted octanol–water partition coefficient (Wildman–Crippen LogP) is 2.75. The molecule has 1 fully saturated rings. The fourth-order valence-corrected chi connectivity index (χ4v) is 3.14. The second kappa shape index (κ2) is 4.85. The smallest absolute Gasteiger partial charge is 0.349 e. The maximum absolute atomic E-state index is 11.7. The molecule has 1 aromatic heterocycles. The quantitative estimate of drug-likeness (QED) is 0.752. The van der Waals surface area contributed by atoms with Crippen LogP contribution in [-0.2, 0) is 14.3 Å². The molecular weight excluding hydrogens is 364 g/mol. The zero-order valence-corrected chi connectivity index (χ0v) is 11.9. The summed E-state index contributed by atoms with van der Waals surface area (Å²) in [5.74, 6) is -0.969. The molecule has 0 unspecified atom stereocenters. The first kappa shape index (κ1) is 12.1. The number of rotatable bonds is 2. The van der Waals surface area contributed by atoms with Gasteiger partial charge in [-0.25, -0.2) is 9.59 Å². The minimum absolute atomic E-state index is 0.314. The molecule has 0 aliphatic carbocycles. The van der Waals surface area contributed by atoms with Gasteiger partial charge in [0.15, 0.2) is 0 Å². The minimum Gasteiger partial charge on any atom is -0.463 e. The zero-order valence-electron chi connectivity index (χ0n) is 7.87. The monoisotopic (exact) mass is 368 g/mol. The Kier molecular flexibility index (Phi) is 3.66. The number of halogens is 2. The van der Waals surface area contributed by atoms with Gasteiger partial charge in [-0.3, -0.25) is 0 Å². The van der Waals surface area contributed by atoms with E-state index in [1.54, 1.807) is 6.07 Å². The molecule has 1 atom stereocenters. The summed E-state index contributed by atoms with van der Waals surface area (Å²) in [4.78, 5) is 23.2. The molecule has 1 saturated heterocycles. The first-order valence-corrected chi connectivity index (χ1v) is 6.80. The Morgan fingerprint density at radius 1 is 1.56 bits per heavy atom. The van der Waals surface area contributed by atoms with Gasteiger partial charge < -0.3 is 9.47 Å². The first-order chi connectivity index (χ1) is 7.58. The van der Waals surface area contributed by atoms with Crippen LogP contribution in [0.3, 0.4) is 0 Å². The molecule has 0 saturated carbocycles. The van der Waals surface area contributed by atoms with E-state index in [9.17, 15) is 9.59 Å². The average molecular weight is 370 g/mol. The van der Waals surface area contributed by atoms with E-state index in [0.717, 1.165) is 8.26 Å². The van der Waals surface area contributed by atoms with Crippen LogP contribution >= 0.6 is 43.2 Å². The third-order valence-electron chi connectivity index (χ3n) is 1.98. The molecular formula is C9H6Br2O4S. The van der Waals surface area contributed by atoms with E-state index < -0.39 is 18.0 Å². The molecule has 0 amide bonds. The van der Waals surface area contributed by atoms with E-state index in [1.807, 2.05) is 0 Å². The van der Waals surface area contributed by atoms with Crippen molar-refractivity contribution < 1.29 is 19.1 Å². The molecule has 1 aromatic rings. The van der Waals surface area contributed by atoms with Crippen LogP contribution in [0.25, 0.3) is 0 Å². The Hall–Kier alpha value is -0.400. The number of carbonyl (C=O) groups excluding carboxylic acids is 2. The fraction of sp³-hybridized carbons (Fsp3) is 0.333. The van der Waals surface area contributed by atoms with Gasteiger partial charge in [0.25, 0.3) is 0 Å². The molecule has 0 N–H and O–H groups in total. The fourth-order valence-electron chi connectivity index (χ4n) is 1.22. The molecule has 0 radical (unpaired) electrons. The summed E-state index contributed by atoms with van der Waals surface area (Å²) < 4.78 is 11.3. The van der Waals surface area contributed by atoms with Gasteiger partial charge in [0, 0.05) is 10.9 Å². The molecule has 0 spiro atoms. The summed E-state index contributed by atoms with van der Waals surface area (Å²) in [5, 5.41) is 0. The van der Waals surface area contributed by atoms with Crippen molar-refractivity contribution in [2.24, 2.45) is 0 Å². The van der Waals surface area contributed by atoms with E-state index in [0.29, 0.717) is 17.9 Å². The van der Waals surface area contributed by atoms with Crippen LogP contribution in [0.1, 0.15) is 16.1 Å². The van der Waals surface area contributed by atoms with Crippen molar-refractivity contribution in [3.05, 3.63) is 19.2 Å². The minimum atomic E-state index is -0.757. The van der Waals surface area contributed by atoms with E-state index in [1.165, 1.54) is 11.3 Å². The molecule has 1 aliphatic rings. The predicted molar refractivity (Wildman–Crippen MR) is 64.5 cm³/mol. The lowest BCUT2D eigenvalue weighted by Crippen LogP contribution is -2.22. The number of hydrogen-bond acceptors (Lipinski definition) is 5. The van der Waals surface area contributed by atoms with E-state index in [2.05, 4.69) is 31.9 Å². The van der Waals surface area contributed by atoms with Crippen LogP contribution in [0.5, 0.6) is 0 Å². The van der Waals surface area contributed by atoms with Gasteiger partial charge in [-0.1, -0.05) is 0 Å². The molecule has 16 heavy (non-hydrogen) atoms. The highest BCUT2D eigenvalue weighted by Gasteiger charge is 2.31. The van der Waals surface area contributed by atoms with Gasteiger partial charge in [-0.15, -0.1) is 11.3 Å². The van der Waals surface area contributed by atoms with Crippen molar-refractivity contribution in [3.8, 4) is 0 Å². The lowest BCUT2D eigenvalue weighted by molar-refractivity contribution is -0.145. The second-order valence-electron chi connectivity index (χ2n) is 3.08. The van der Waals surface area contributed by atoms with Crippen LogP contribution in [0, 0.1) is 0 Å². The summed E-state index contributed by atoms with van der Waals surface area (Å²) in [5.41, 5.74) is 0. The van der Waals surface area contributed by atoms with Gasteiger partial charge in [0.05, 0.1) is 10.4 Å². The highest BCUT2D eigenvalue weighted by Crippen LogP contribution is 2.33. The van der Waals surface area contributed by atoms with Gasteiger partial charge in [0.1, 0.15) is 4.88 Å². The SMILES string of the molecule is O=C(O[C@@H]1CCOC1=O)c1cc(Br)c(Br)s1. The summed E-state index contributed by atoms with van der Waals surface area (Å²) in [6.45, 7) is 0.314. The Bertz CT molecular complexity index is 423. The summed E-state index contributed by atoms with van der Waals surface area (Å²) in [6, 6.07) is 1.65. The number of thiophene rings is 1. The van der Waals surface area contributed by atoms with Gasteiger partial charge in [-0.05, 0) is 37.9 Å². The zero-order chi connectivity index (χ0) is 11.7. The first-order valence-electron chi connectivity index (χ1n) is 4.40. The third-order valence-corrected chi connectivity index (χ3v) is 5.22. The Balaban J connectivity index is 2.05. The second-order valence-corrected chi connectivity index (χ2v) is 6.31. The van der Waals surface area contributed by atoms with Crippen molar-refractivity contribution in [1.82, 2.24) is 0 Å². The third kappa shape index (κ3) is 2.46. The molecule has 7 heteroatoms. The lowest BCUT2D eigenvalue weighted by atomic mass is 10.3. The van der Waals surface area contributed by atoms with Crippen LogP contribution in [0.2, 0.25) is 0 Å². The summed E-state index contributed by atoms with van der Waals surface area (Å²) in [7, 11) is 0. The Morgan fingerprint density at radius 2 is 2.31 bits per heavy atom. The molecule has 0 bridgehead atoms. The number of cyclic esters (lactones) is 1. The highest BCUT2D eigenvalue weighted by molar-refractivity contribution is 9.13. The lowest BCUT2D eigenvalue weighted by Gasteiger charge is -2.06. The molecule has 2 rings (SSSR count). The normalized spacial score (nSPS) is 19.6. The number of ether oxygens (including phenoxy) is 2. The summed E-state index contributed by atoms with van der Waals surface area (Å²) in [6.07, 6.45) is -0.328. The molecule has 0 aromatic carbocycles. The molecule has 2 heterocycles. The van der Waals surface area contributed by atoms with E-state index in [4.69, 9.17) is 9.47 Å². The largest absolute Gasteiger partial charge is 0.463 e. The Labute approximate surface area is 112 Å². The van der Waals surface area contributed by atoms with Gasteiger partial charge >= 0.3 is 11.9 Å². The standard InChI is InChI=1S/C9H6Br2O4S/c10-4-3-6(16-7(4)11)9(13)15-5-1-2-14-8(5)12/h3,5H,1-2H2/t5-/m1/s1. The molecule has 4 nitrogen and oxygen atoms in total. The highest BCUT2D eigenvalue weighted by atomic mass is 79.9. The van der Waals surface area contributed by atoms with Crippen LogP contribution in [-0.4, -0.2) is 24.6 Å². The van der Waals surface area contributed by atoms with Gasteiger partial charge in [-0.2, -0.15) is 0 Å². The van der Waals surface area contributed by atoms with Crippen molar-refractivity contribution in [2.45, 2.75) is 12.5 Å². The van der Waals surface area contributed by atoms with Crippen molar-refractivity contribution in [2.75, 3.05) is 6.61 Å². The Morgan fingerprint density at radius 3 is 2.81 bits per heavy atom. The average Bonchev–Trinajstić information content (AvgIpc) is 2.76. The van der Waals surface area contributed by atoms with E-state index in [-0.39, 0.29) is 0 Å². The van der Waals surface area contributed by atoms with Crippen LogP contribution in [0.4, 0.5) is 0 Å². The number of hydrogen-bond donors (Lipinski definition) is 0. The molecule has 1 aliphatic heterocycles. The molecule has 86 valence electrons. The maximum atomic E-state index is 11.7. The van der Waals surface area contributed by atoms with Crippen molar-refractivity contribution >= 4 is 55.1 Å². The summed E-state index contributed by atoms with van der Waals surface area (Å²) >= 11 is 7.80. The van der Waals surface area contributed by atoms with Crippen LogP contribution < -0.4 is 0 Å². The van der Waals surface area contributed by atoms with Crippen molar-refractivity contribution in [3.63, 3.8) is 0 Å². The number of carbonyl (C=O) groups is 2. The van der Waals surface area contributed by atoms with Gasteiger partial charge in [0.2, 0.25) is 6.10 Å². The topological polar surface area (TPSA) is 52.6 Å². The van der Waals surface area contributed by atoms with Crippen LogP contribution in [0.15, 0.2) is 14.3 Å². The van der Waals surface area contributed by atoms with E-state index >= 15 is 0 Å². The maximum Gasteiger partial charge on any atom is 0.349 e. The van der Waals surface area contributed by atoms with Crippen molar-refractivity contribution in [1.29, 1.82) is 0 Å². The number of esters is 2.